The van der Waals surface area contributed by atoms with E-state index in [4.69, 9.17) is 5.73 Å². The van der Waals surface area contributed by atoms with Crippen LogP contribution in [0.3, 0.4) is 0 Å². The number of rotatable bonds is 1. The van der Waals surface area contributed by atoms with Crippen LogP contribution in [-0.4, -0.2) is 26.2 Å². The van der Waals surface area contributed by atoms with Crippen molar-refractivity contribution in [3.63, 3.8) is 0 Å². The van der Waals surface area contributed by atoms with E-state index in [-0.39, 0.29) is 0 Å². The molecular formula is C8H13N3S. The summed E-state index contributed by atoms with van der Waals surface area (Å²) in [6.07, 6.45) is 0. The number of thiophene rings is 1. The molecule has 4 heteroatoms. The topological polar surface area (TPSA) is 41.3 Å². The summed E-state index contributed by atoms with van der Waals surface area (Å²) in [6, 6.07) is 1.97. The summed E-state index contributed by atoms with van der Waals surface area (Å²) in [5.41, 5.74) is 6.74. The van der Waals surface area contributed by atoms with Crippen LogP contribution in [0.25, 0.3) is 0 Å². The Labute approximate surface area is 76.2 Å². The first-order valence-electron chi connectivity index (χ1n) is 4.16. The molecule has 0 radical (unpaired) electrons. The summed E-state index contributed by atoms with van der Waals surface area (Å²) >= 11 is 1.73. The van der Waals surface area contributed by atoms with Gasteiger partial charge in [-0.05, 0) is 11.4 Å². The minimum atomic E-state index is 0.918. The van der Waals surface area contributed by atoms with Crippen molar-refractivity contribution in [2.24, 2.45) is 0 Å². The third kappa shape index (κ3) is 1.40. The lowest BCUT2D eigenvalue weighted by Gasteiger charge is -2.28. The molecule has 1 aromatic heterocycles. The first kappa shape index (κ1) is 7.89. The highest BCUT2D eigenvalue weighted by atomic mass is 32.1. The zero-order valence-electron chi connectivity index (χ0n) is 6.92. The molecular weight excluding hydrogens is 170 g/mol. The Balaban J connectivity index is 2.13. The normalized spacial score (nSPS) is 18.2. The highest BCUT2D eigenvalue weighted by Crippen LogP contribution is 2.29. The second kappa shape index (κ2) is 3.33. The van der Waals surface area contributed by atoms with Gasteiger partial charge in [0.2, 0.25) is 0 Å². The van der Waals surface area contributed by atoms with Crippen LogP contribution in [0.2, 0.25) is 0 Å². The molecule has 0 bridgehead atoms. The van der Waals surface area contributed by atoms with Gasteiger partial charge in [0.1, 0.15) is 5.00 Å². The van der Waals surface area contributed by atoms with Crippen LogP contribution in [0, 0.1) is 0 Å². The van der Waals surface area contributed by atoms with Gasteiger partial charge in [-0.25, -0.2) is 0 Å². The minimum absolute atomic E-state index is 0.918. The Morgan fingerprint density at radius 2 is 2.17 bits per heavy atom. The average molecular weight is 183 g/mol. The second-order valence-corrected chi connectivity index (χ2v) is 3.81. The maximum absolute atomic E-state index is 5.82. The lowest BCUT2D eigenvalue weighted by Crippen LogP contribution is -2.43. The zero-order valence-corrected chi connectivity index (χ0v) is 7.73. The van der Waals surface area contributed by atoms with Crippen LogP contribution in [0.4, 0.5) is 10.7 Å². The molecule has 2 rings (SSSR count). The fourth-order valence-corrected chi connectivity index (χ4v) is 2.32. The number of hydrogen-bond acceptors (Lipinski definition) is 4. The first-order chi connectivity index (χ1) is 5.88. The van der Waals surface area contributed by atoms with Gasteiger partial charge in [-0.2, -0.15) is 0 Å². The molecule has 1 saturated heterocycles. The van der Waals surface area contributed by atoms with E-state index in [0.717, 1.165) is 31.9 Å². The van der Waals surface area contributed by atoms with Crippen LogP contribution < -0.4 is 16.0 Å². The molecule has 0 amide bonds. The van der Waals surface area contributed by atoms with Crippen molar-refractivity contribution < 1.29 is 0 Å². The van der Waals surface area contributed by atoms with Crippen molar-refractivity contribution >= 4 is 22.0 Å². The molecule has 12 heavy (non-hydrogen) atoms. The van der Waals surface area contributed by atoms with Crippen LogP contribution in [0.1, 0.15) is 0 Å². The van der Waals surface area contributed by atoms with Gasteiger partial charge in [-0.1, -0.05) is 0 Å². The van der Waals surface area contributed by atoms with Crippen LogP contribution in [0.15, 0.2) is 11.4 Å². The van der Waals surface area contributed by atoms with Crippen LogP contribution in [-0.2, 0) is 0 Å². The highest BCUT2D eigenvalue weighted by molar-refractivity contribution is 7.14. The fraction of sp³-hybridized carbons (Fsp3) is 0.500. The Morgan fingerprint density at radius 1 is 1.42 bits per heavy atom. The monoisotopic (exact) mass is 183 g/mol. The van der Waals surface area contributed by atoms with Crippen molar-refractivity contribution in [2.75, 3.05) is 36.8 Å². The third-order valence-corrected chi connectivity index (χ3v) is 3.07. The Bertz CT molecular complexity index is 253. The van der Waals surface area contributed by atoms with Crippen LogP contribution in [0.5, 0.6) is 0 Å². The van der Waals surface area contributed by atoms with Crippen molar-refractivity contribution in [1.29, 1.82) is 0 Å². The van der Waals surface area contributed by atoms with Crippen molar-refractivity contribution in [1.82, 2.24) is 5.32 Å². The number of nitrogens with zero attached hydrogens (tertiary/aromatic N) is 1. The summed E-state index contributed by atoms with van der Waals surface area (Å²) in [4.78, 5) is 2.34. The van der Waals surface area contributed by atoms with Gasteiger partial charge < -0.3 is 16.0 Å². The molecule has 0 aliphatic carbocycles. The standard InChI is InChI=1S/C8H13N3S/c9-7-1-6-12-8(7)11-4-2-10-3-5-11/h1,6,10H,2-5,9H2. The molecule has 0 atom stereocenters. The molecule has 0 aromatic carbocycles. The molecule has 0 spiro atoms. The molecule has 0 unspecified atom stereocenters. The van der Waals surface area contributed by atoms with Gasteiger partial charge in [0.25, 0.3) is 0 Å². The third-order valence-electron chi connectivity index (χ3n) is 2.08. The lowest BCUT2D eigenvalue weighted by molar-refractivity contribution is 0.592. The van der Waals surface area contributed by atoms with Gasteiger partial charge in [-0.3, -0.25) is 0 Å². The fourth-order valence-electron chi connectivity index (χ4n) is 1.44. The summed E-state index contributed by atoms with van der Waals surface area (Å²) in [5.74, 6) is 0. The first-order valence-corrected chi connectivity index (χ1v) is 5.04. The van der Waals surface area contributed by atoms with E-state index in [0.29, 0.717) is 0 Å². The molecule has 1 aliphatic rings. The van der Waals surface area contributed by atoms with Crippen molar-refractivity contribution in [2.45, 2.75) is 0 Å². The molecule has 66 valence electrons. The predicted molar refractivity (Wildman–Crippen MR) is 53.8 cm³/mol. The van der Waals surface area contributed by atoms with E-state index in [1.54, 1.807) is 11.3 Å². The maximum Gasteiger partial charge on any atom is 0.114 e. The van der Waals surface area contributed by atoms with E-state index in [1.807, 2.05) is 11.4 Å². The zero-order chi connectivity index (χ0) is 8.39. The van der Waals surface area contributed by atoms with Crippen molar-refractivity contribution in [3.05, 3.63) is 11.4 Å². The molecule has 1 aromatic rings. The molecule has 1 fully saturated rings. The number of nitrogens with one attached hydrogen (secondary N) is 1. The molecule has 3 N–H and O–H groups in total. The van der Waals surface area contributed by atoms with E-state index in [9.17, 15) is 0 Å². The predicted octanol–water partition coefficient (Wildman–Crippen LogP) is 0.740. The summed E-state index contributed by atoms with van der Waals surface area (Å²) in [7, 11) is 0. The maximum atomic E-state index is 5.82. The van der Waals surface area contributed by atoms with Gasteiger partial charge in [0.15, 0.2) is 0 Å². The summed E-state index contributed by atoms with van der Waals surface area (Å²) in [6.45, 7) is 4.28. The second-order valence-electron chi connectivity index (χ2n) is 2.92. The molecule has 1 aliphatic heterocycles. The van der Waals surface area contributed by atoms with Gasteiger partial charge >= 0.3 is 0 Å². The quantitative estimate of drug-likeness (QED) is 0.674. The van der Waals surface area contributed by atoms with E-state index in [2.05, 4.69) is 10.2 Å². The van der Waals surface area contributed by atoms with E-state index < -0.39 is 0 Å². The molecule has 3 nitrogen and oxygen atoms in total. The minimum Gasteiger partial charge on any atom is -0.396 e. The van der Waals surface area contributed by atoms with Crippen LogP contribution >= 0.6 is 11.3 Å². The number of anilines is 2. The number of nitrogens with two attached hydrogens (primary N) is 1. The van der Waals surface area contributed by atoms with Crippen molar-refractivity contribution in [3.8, 4) is 0 Å². The Morgan fingerprint density at radius 3 is 2.75 bits per heavy atom. The number of hydrogen-bond donors (Lipinski definition) is 2. The SMILES string of the molecule is Nc1ccsc1N1CCNCC1. The van der Waals surface area contributed by atoms with E-state index in [1.165, 1.54) is 5.00 Å². The number of nitrogen functional groups attached to an aromatic ring is 1. The molecule has 2 heterocycles. The summed E-state index contributed by atoms with van der Waals surface area (Å²) in [5, 5.41) is 6.60. The highest BCUT2D eigenvalue weighted by Gasteiger charge is 2.13. The lowest BCUT2D eigenvalue weighted by atomic mass is 10.3. The Hall–Kier alpha value is -0.740. The van der Waals surface area contributed by atoms with Gasteiger partial charge in [-0.15, -0.1) is 11.3 Å². The Kier molecular flexibility index (Phi) is 2.19. The smallest absolute Gasteiger partial charge is 0.114 e. The average Bonchev–Trinajstić information content (AvgIpc) is 2.53. The summed E-state index contributed by atoms with van der Waals surface area (Å²) < 4.78 is 0. The van der Waals surface area contributed by atoms with Gasteiger partial charge in [0, 0.05) is 26.2 Å². The largest absolute Gasteiger partial charge is 0.396 e. The number of piperazine rings is 1. The van der Waals surface area contributed by atoms with E-state index >= 15 is 0 Å². The molecule has 0 saturated carbocycles. The van der Waals surface area contributed by atoms with Gasteiger partial charge in [0.05, 0.1) is 5.69 Å².